The number of nitrogens with one attached hydrogen (secondary N) is 1. The first-order valence-corrected chi connectivity index (χ1v) is 7.39. The Morgan fingerprint density at radius 1 is 1.29 bits per heavy atom. The molecule has 4 nitrogen and oxygen atoms in total. The van der Waals surface area contributed by atoms with Gasteiger partial charge in [0.1, 0.15) is 5.75 Å². The smallest absolute Gasteiger partial charge is 0.225 e. The molecular weight excluding hydrogens is 332 g/mol. The number of carbonyl (C=O) groups excluding carboxylic acids is 1. The topological polar surface area (TPSA) is 75.3 Å². The van der Waals surface area contributed by atoms with Gasteiger partial charge < -0.3 is 16.2 Å². The van der Waals surface area contributed by atoms with Crippen molar-refractivity contribution in [2.45, 2.75) is 19.3 Å². The highest BCUT2D eigenvalue weighted by atomic mass is 79.9. The van der Waals surface area contributed by atoms with Crippen LogP contribution in [0.25, 0.3) is 0 Å². The van der Waals surface area contributed by atoms with E-state index in [0.717, 1.165) is 10.0 Å². The molecule has 4 N–H and O–H groups in total. The first kappa shape index (κ1) is 15.4. The molecule has 0 heterocycles. The molecule has 0 aliphatic carbocycles. The minimum Gasteiger partial charge on any atom is -0.506 e. The lowest BCUT2D eigenvalue weighted by Crippen LogP contribution is -2.14. The van der Waals surface area contributed by atoms with Crippen LogP contribution in [0.5, 0.6) is 5.75 Å². The molecule has 0 saturated carbocycles. The van der Waals surface area contributed by atoms with E-state index in [0.29, 0.717) is 17.8 Å². The van der Waals surface area contributed by atoms with Crippen LogP contribution in [0.3, 0.4) is 0 Å². The number of nitrogens with two attached hydrogens (primary N) is 1. The van der Waals surface area contributed by atoms with Gasteiger partial charge in [-0.1, -0.05) is 35.0 Å². The minimum atomic E-state index is -0.146. The number of amides is 1. The van der Waals surface area contributed by atoms with E-state index in [2.05, 4.69) is 21.2 Å². The van der Waals surface area contributed by atoms with Gasteiger partial charge in [-0.05, 0) is 41.8 Å². The molecule has 2 aromatic carbocycles. The zero-order chi connectivity index (χ0) is 15.4. The third-order valence-corrected chi connectivity index (χ3v) is 3.72. The lowest BCUT2D eigenvalue weighted by molar-refractivity contribution is -0.116. The van der Waals surface area contributed by atoms with E-state index in [1.54, 1.807) is 12.1 Å². The van der Waals surface area contributed by atoms with Gasteiger partial charge in [0.15, 0.2) is 0 Å². The molecule has 21 heavy (non-hydrogen) atoms. The van der Waals surface area contributed by atoms with Crippen LogP contribution in [0.4, 0.5) is 11.4 Å². The fraction of sp³-hybridized carbons (Fsp3) is 0.188. The van der Waals surface area contributed by atoms with Crippen LogP contribution in [-0.2, 0) is 4.79 Å². The summed E-state index contributed by atoms with van der Waals surface area (Å²) in [7, 11) is 0. The van der Waals surface area contributed by atoms with Crippen LogP contribution in [0.1, 0.15) is 24.8 Å². The first-order chi connectivity index (χ1) is 9.95. The van der Waals surface area contributed by atoms with Crippen LogP contribution in [0.2, 0.25) is 0 Å². The Bertz CT molecular complexity index is 641. The monoisotopic (exact) mass is 348 g/mol. The summed E-state index contributed by atoms with van der Waals surface area (Å²) in [5.74, 6) is -0.0284. The highest BCUT2D eigenvalue weighted by Crippen LogP contribution is 2.28. The summed E-state index contributed by atoms with van der Waals surface area (Å²) in [6.07, 6.45) is 0.329. The zero-order valence-electron chi connectivity index (χ0n) is 11.6. The molecule has 0 radical (unpaired) electrons. The average molecular weight is 349 g/mol. The molecule has 2 aromatic rings. The van der Waals surface area contributed by atoms with E-state index in [9.17, 15) is 9.90 Å². The lowest BCUT2D eigenvalue weighted by atomic mass is 9.97. The molecule has 0 aliphatic heterocycles. The number of aromatic hydroxyl groups is 1. The van der Waals surface area contributed by atoms with Crippen LogP contribution >= 0.6 is 15.9 Å². The first-order valence-electron chi connectivity index (χ1n) is 6.59. The van der Waals surface area contributed by atoms with Crippen LogP contribution in [0, 0.1) is 0 Å². The molecule has 0 bridgehead atoms. The van der Waals surface area contributed by atoms with Gasteiger partial charge in [-0.3, -0.25) is 4.79 Å². The second kappa shape index (κ2) is 6.63. The maximum atomic E-state index is 12.1. The van der Waals surface area contributed by atoms with E-state index in [-0.39, 0.29) is 17.6 Å². The fourth-order valence-electron chi connectivity index (χ4n) is 2.03. The van der Waals surface area contributed by atoms with Gasteiger partial charge in [0.2, 0.25) is 5.91 Å². The molecule has 0 fully saturated rings. The molecule has 0 spiro atoms. The SMILES string of the molecule is CC(CC(=O)Nc1cc(Br)ccc1O)c1ccc(N)cc1. The number of nitrogen functional groups attached to an aromatic ring is 1. The van der Waals surface area contributed by atoms with Crippen LogP contribution in [0.15, 0.2) is 46.9 Å². The van der Waals surface area contributed by atoms with Crippen molar-refractivity contribution in [2.24, 2.45) is 0 Å². The number of hydrogen-bond donors (Lipinski definition) is 3. The maximum absolute atomic E-state index is 12.1. The largest absolute Gasteiger partial charge is 0.506 e. The minimum absolute atomic E-state index is 0.0479. The maximum Gasteiger partial charge on any atom is 0.225 e. The quantitative estimate of drug-likeness (QED) is 0.579. The number of phenolic OH excluding ortho intramolecular Hbond substituents is 1. The summed E-state index contributed by atoms with van der Waals surface area (Å²) in [4.78, 5) is 12.1. The predicted molar refractivity (Wildman–Crippen MR) is 88.3 cm³/mol. The summed E-state index contributed by atoms with van der Waals surface area (Å²) in [6.45, 7) is 1.98. The van der Waals surface area contributed by atoms with E-state index in [4.69, 9.17) is 5.73 Å². The Hall–Kier alpha value is -2.01. The van der Waals surface area contributed by atoms with Gasteiger partial charge in [-0.15, -0.1) is 0 Å². The molecule has 2 rings (SSSR count). The van der Waals surface area contributed by atoms with Crippen molar-refractivity contribution in [3.63, 3.8) is 0 Å². The molecule has 1 atom stereocenters. The van der Waals surface area contributed by atoms with Gasteiger partial charge in [0, 0.05) is 16.6 Å². The summed E-state index contributed by atoms with van der Waals surface area (Å²) in [6, 6.07) is 12.4. The number of rotatable bonds is 4. The number of phenols is 1. The molecule has 0 saturated heterocycles. The van der Waals surface area contributed by atoms with E-state index >= 15 is 0 Å². The van der Waals surface area contributed by atoms with Crippen molar-refractivity contribution in [3.05, 3.63) is 52.5 Å². The molecular formula is C16H17BrN2O2. The molecule has 110 valence electrons. The van der Waals surface area contributed by atoms with Gasteiger partial charge in [0.05, 0.1) is 5.69 Å². The zero-order valence-corrected chi connectivity index (χ0v) is 13.2. The van der Waals surface area contributed by atoms with E-state index < -0.39 is 0 Å². The summed E-state index contributed by atoms with van der Waals surface area (Å²) < 4.78 is 0.794. The Kier molecular flexibility index (Phi) is 4.85. The van der Waals surface area contributed by atoms with Gasteiger partial charge in [0.25, 0.3) is 0 Å². The van der Waals surface area contributed by atoms with Gasteiger partial charge in [-0.25, -0.2) is 0 Å². The summed E-state index contributed by atoms with van der Waals surface area (Å²) in [5.41, 5.74) is 7.81. The van der Waals surface area contributed by atoms with Crippen molar-refractivity contribution in [2.75, 3.05) is 11.1 Å². The number of benzene rings is 2. The molecule has 5 heteroatoms. The predicted octanol–water partition coefficient (Wildman–Crippen LogP) is 3.87. The normalized spacial score (nSPS) is 11.9. The third-order valence-electron chi connectivity index (χ3n) is 3.23. The Labute approximate surface area is 132 Å². The van der Waals surface area contributed by atoms with Gasteiger partial charge >= 0.3 is 0 Å². The molecule has 1 unspecified atom stereocenters. The lowest BCUT2D eigenvalue weighted by Gasteiger charge is -2.13. The van der Waals surface area contributed by atoms with Crippen LogP contribution < -0.4 is 11.1 Å². The third kappa shape index (κ3) is 4.23. The number of halogens is 1. The van der Waals surface area contributed by atoms with E-state index in [1.165, 1.54) is 6.07 Å². The van der Waals surface area contributed by atoms with Crippen molar-refractivity contribution in [1.82, 2.24) is 0 Å². The Balaban J connectivity index is 2.01. The van der Waals surface area contributed by atoms with Crippen molar-refractivity contribution < 1.29 is 9.90 Å². The second-order valence-electron chi connectivity index (χ2n) is 4.98. The van der Waals surface area contributed by atoms with Crippen molar-refractivity contribution >= 4 is 33.2 Å². The van der Waals surface area contributed by atoms with Crippen molar-refractivity contribution in [3.8, 4) is 5.75 Å². The Morgan fingerprint density at radius 3 is 2.62 bits per heavy atom. The van der Waals surface area contributed by atoms with Gasteiger partial charge in [-0.2, -0.15) is 0 Å². The standard InChI is InChI=1S/C16H17BrN2O2/c1-10(11-2-5-13(18)6-3-11)8-16(21)19-14-9-12(17)4-7-15(14)20/h2-7,9-10,20H,8,18H2,1H3,(H,19,21). The average Bonchev–Trinajstić information content (AvgIpc) is 2.43. The number of carbonyl (C=O) groups is 1. The number of anilines is 2. The van der Waals surface area contributed by atoms with Crippen molar-refractivity contribution in [1.29, 1.82) is 0 Å². The highest BCUT2D eigenvalue weighted by molar-refractivity contribution is 9.10. The van der Waals surface area contributed by atoms with E-state index in [1.807, 2.05) is 31.2 Å². The summed E-state index contributed by atoms with van der Waals surface area (Å²) in [5, 5.41) is 12.4. The highest BCUT2D eigenvalue weighted by Gasteiger charge is 2.13. The van der Waals surface area contributed by atoms with Crippen LogP contribution in [-0.4, -0.2) is 11.0 Å². The fourth-order valence-corrected chi connectivity index (χ4v) is 2.39. The Morgan fingerprint density at radius 2 is 1.95 bits per heavy atom. The molecule has 1 amide bonds. The second-order valence-corrected chi connectivity index (χ2v) is 5.90. The number of hydrogen-bond acceptors (Lipinski definition) is 3. The molecule has 0 aliphatic rings. The molecule has 0 aromatic heterocycles. The summed E-state index contributed by atoms with van der Waals surface area (Å²) >= 11 is 3.31.